The molecule has 3 nitrogen and oxygen atoms in total. The van der Waals surface area contributed by atoms with Crippen molar-refractivity contribution >= 4 is 17.4 Å². The van der Waals surface area contributed by atoms with Crippen molar-refractivity contribution in [3.63, 3.8) is 0 Å². The monoisotopic (exact) mass is 281 g/mol. The van der Waals surface area contributed by atoms with Crippen molar-refractivity contribution in [2.75, 3.05) is 18.0 Å². The van der Waals surface area contributed by atoms with Crippen LogP contribution in [0.25, 0.3) is 0 Å². The minimum Gasteiger partial charge on any atom is -0.356 e. The number of halogens is 1. The average molecular weight is 282 g/mol. The van der Waals surface area contributed by atoms with Crippen LogP contribution in [0.5, 0.6) is 0 Å². The Bertz CT molecular complexity index is 457. The molecule has 0 aliphatic carbocycles. The highest BCUT2D eigenvalue weighted by Gasteiger charge is 2.25. The first kappa shape index (κ1) is 14.6. The van der Waals surface area contributed by atoms with E-state index >= 15 is 0 Å². The van der Waals surface area contributed by atoms with Crippen LogP contribution in [0.15, 0.2) is 0 Å². The molecular weight excluding hydrogens is 258 g/mol. The summed E-state index contributed by atoms with van der Waals surface area (Å²) in [6.45, 7) is 10.9. The summed E-state index contributed by atoms with van der Waals surface area (Å²) in [6, 6.07) is 0. The van der Waals surface area contributed by atoms with Gasteiger partial charge in [0, 0.05) is 25.1 Å². The lowest BCUT2D eigenvalue weighted by molar-refractivity contribution is 0.325. The fourth-order valence-corrected chi connectivity index (χ4v) is 2.80. The highest BCUT2D eigenvalue weighted by Crippen LogP contribution is 2.33. The number of hydrogen-bond acceptors (Lipinski definition) is 3. The molecule has 1 fully saturated rings. The molecule has 0 saturated carbocycles. The van der Waals surface area contributed by atoms with Crippen molar-refractivity contribution in [3.05, 3.63) is 16.5 Å². The van der Waals surface area contributed by atoms with Crippen LogP contribution in [0, 0.1) is 12.3 Å². The van der Waals surface area contributed by atoms with Gasteiger partial charge in [-0.25, -0.2) is 9.97 Å². The Morgan fingerprint density at radius 3 is 2.63 bits per heavy atom. The molecule has 106 valence electrons. The molecule has 0 unspecified atom stereocenters. The molecule has 1 aromatic rings. The van der Waals surface area contributed by atoms with Crippen molar-refractivity contribution in [1.29, 1.82) is 0 Å². The summed E-state index contributed by atoms with van der Waals surface area (Å²) in [7, 11) is 0. The Kier molecular flexibility index (Phi) is 4.34. The summed E-state index contributed by atoms with van der Waals surface area (Å²) in [5.74, 6) is 1.88. The van der Waals surface area contributed by atoms with E-state index in [1.165, 1.54) is 19.3 Å². The molecule has 0 bridgehead atoms. The Hall–Kier alpha value is -0.830. The third kappa shape index (κ3) is 3.38. The van der Waals surface area contributed by atoms with E-state index in [4.69, 9.17) is 16.6 Å². The van der Waals surface area contributed by atoms with Crippen LogP contribution in [0.2, 0.25) is 5.15 Å². The van der Waals surface area contributed by atoms with Gasteiger partial charge in [-0.3, -0.25) is 0 Å². The van der Waals surface area contributed by atoms with E-state index in [0.717, 1.165) is 36.7 Å². The van der Waals surface area contributed by atoms with Crippen LogP contribution < -0.4 is 4.90 Å². The first-order chi connectivity index (χ1) is 8.93. The van der Waals surface area contributed by atoms with Gasteiger partial charge in [0.2, 0.25) is 0 Å². The van der Waals surface area contributed by atoms with Crippen LogP contribution >= 0.6 is 11.6 Å². The van der Waals surface area contributed by atoms with Crippen molar-refractivity contribution in [2.24, 2.45) is 5.41 Å². The predicted molar refractivity (Wildman–Crippen MR) is 81.0 cm³/mol. The summed E-state index contributed by atoms with van der Waals surface area (Å²) < 4.78 is 0. The molecule has 0 spiro atoms. The minimum atomic E-state index is 0.438. The summed E-state index contributed by atoms with van der Waals surface area (Å²) >= 11 is 6.24. The van der Waals surface area contributed by atoms with Gasteiger partial charge in [0.15, 0.2) is 0 Å². The molecule has 1 saturated heterocycles. The molecule has 19 heavy (non-hydrogen) atoms. The fraction of sp³-hybridized carbons (Fsp3) is 0.733. The lowest BCUT2D eigenvalue weighted by atomic mass is 9.85. The highest BCUT2D eigenvalue weighted by atomic mass is 35.5. The topological polar surface area (TPSA) is 29.0 Å². The second-order valence-corrected chi connectivity index (χ2v) is 6.60. The Labute approximate surface area is 121 Å². The Morgan fingerprint density at radius 2 is 1.95 bits per heavy atom. The molecule has 2 heterocycles. The smallest absolute Gasteiger partial charge is 0.137 e. The highest BCUT2D eigenvalue weighted by molar-refractivity contribution is 6.30. The van der Waals surface area contributed by atoms with E-state index in [2.05, 4.69) is 30.7 Å². The van der Waals surface area contributed by atoms with Gasteiger partial charge in [-0.05, 0) is 31.6 Å². The van der Waals surface area contributed by atoms with Gasteiger partial charge in [0.1, 0.15) is 16.8 Å². The number of anilines is 1. The molecule has 1 aromatic heterocycles. The maximum Gasteiger partial charge on any atom is 0.137 e. The molecule has 0 amide bonds. The number of aryl methyl sites for hydroxylation is 1. The van der Waals surface area contributed by atoms with Crippen LogP contribution in [0.4, 0.5) is 5.82 Å². The summed E-state index contributed by atoms with van der Waals surface area (Å²) in [5.41, 5.74) is 1.45. The maximum absolute atomic E-state index is 6.24. The molecule has 2 rings (SSSR count). The third-order valence-electron chi connectivity index (χ3n) is 4.06. The SMILES string of the molecule is CCc1nc(Cl)c(C)c(N2CCCC(C)(C)CC2)n1. The molecule has 0 N–H and O–H groups in total. The van der Waals surface area contributed by atoms with Gasteiger partial charge in [0.05, 0.1) is 0 Å². The number of rotatable bonds is 2. The summed E-state index contributed by atoms with van der Waals surface area (Å²) in [5, 5.41) is 0.602. The zero-order chi connectivity index (χ0) is 14.0. The van der Waals surface area contributed by atoms with E-state index in [-0.39, 0.29) is 0 Å². The van der Waals surface area contributed by atoms with Gasteiger partial charge in [0.25, 0.3) is 0 Å². The largest absolute Gasteiger partial charge is 0.356 e. The van der Waals surface area contributed by atoms with Crippen molar-refractivity contribution < 1.29 is 0 Å². The first-order valence-corrected chi connectivity index (χ1v) is 7.59. The predicted octanol–water partition coefficient (Wildman–Crippen LogP) is 4.02. The summed E-state index contributed by atoms with van der Waals surface area (Å²) in [6.07, 6.45) is 4.53. The van der Waals surface area contributed by atoms with E-state index in [1.54, 1.807) is 0 Å². The molecule has 0 radical (unpaired) electrons. The van der Waals surface area contributed by atoms with Crippen LogP contribution in [-0.2, 0) is 6.42 Å². The van der Waals surface area contributed by atoms with E-state index in [1.807, 2.05) is 6.92 Å². The van der Waals surface area contributed by atoms with Gasteiger partial charge in [-0.1, -0.05) is 32.4 Å². The Morgan fingerprint density at radius 1 is 1.21 bits per heavy atom. The van der Waals surface area contributed by atoms with Crippen LogP contribution in [0.3, 0.4) is 0 Å². The fourth-order valence-electron chi connectivity index (χ4n) is 2.62. The van der Waals surface area contributed by atoms with Gasteiger partial charge < -0.3 is 4.90 Å². The van der Waals surface area contributed by atoms with Gasteiger partial charge in [-0.2, -0.15) is 0 Å². The third-order valence-corrected chi connectivity index (χ3v) is 4.43. The van der Waals surface area contributed by atoms with Crippen molar-refractivity contribution in [1.82, 2.24) is 9.97 Å². The molecule has 1 aliphatic heterocycles. The van der Waals surface area contributed by atoms with Crippen molar-refractivity contribution in [2.45, 2.75) is 53.4 Å². The normalized spacial score (nSPS) is 19.3. The number of aromatic nitrogens is 2. The maximum atomic E-state index is 6.24. The van der Waals surface area contributed by atoms with Crippen LogP contribution in [0.1, 0.15) is 51.4 Å². The average Bonchev–Trinajstić information content (AvgIpc) is 2.53. The van der Waals surface area contributed by atoms with E-state index in [0.29, 0.717) is 10.6 Å². The van der Waals surface area contributed by atoms with Gasteiger partial charge in [-0.15, -0.1) is 0 Å². The zero-order valence-corrected chi connectivity index (χ0v) is 13.2. The number of hydrogen-bond donors (Lipinski definition) is 0. The zero-order valence-electron chi connectivity index (χ0n) is 12.5. The molecule has 1 aliphatic rings. The number of nitrogens with zero attached hydrogens (tertiary/aromatic N) is 3. The van der Waals surface area contributed by atoms with E-state index in [9.17, 15) is 0 Å². The minimum absolute atomic E-state index is 0.438. The molecule has 4 heteroatoms. The lowest BCUT2D eigenvalue weighted by Gasteiger charge is -2.25. The standard InChI is InChI=1S/C15H24ClN3/c1-5-12-17-13(16)11(2)14(18-12)19-9-6-7-15(3,4)8-10-19/h5-10H2,1-4H3. The lowest BCUT2D eigenvalue weighted by Crippen LogP contribution is -2.27. The molecular formula is C15H24ClN3. The van der Waals surface area contributed by atoms with Crippen molar-refractivity contribution in [3.8, 4) is 0 Å². The summed E-state index contributed by atoms with van der Waals surface area (Å²) in [4.78, 5) is 11.4. The van der Waals surface area contributed by atoms with Crippen LogP contribution in [-0.4, -0.2) is 23.1 Å². The second kappa shape index (κ2) is 5.66. The quantitative estimate of drug-likeness (QED) is 0.767. The molecule has 0 aromatic carbocycles. The first-order valence-electron chi connectivity index (χ1n) is 7.21. The van der Waals surface area contributed by atoms with E-state index < -0.39 is 0 Å². The van der Waals surface area contributed by atoms with Gasteiger partial charge >= 0.3 is 0 Å². The second-order valence-electron chi connectivity index (χ2n) is 6.24. The Balaban J connectivity index is 2.28. The molecule has 0 atom stereocenters.